The van der Waals surface area contributed by atoms with Crippen molar-refractivity contribution >= 4 is 22.0 Å². The Labute approximate surface area is 127 Å². The molecule has 2 heterocycles. The minimum absolute atomic E-state index is 0.0322. The molecule has 0 spiro atoms. The van der Waals surface area contributed by atoms with E-state index in [1.165, 1.54) is 16.9 Å². The van der Waals surface area contributed by atoms with E-state index >= 15 is 0 Å². The van der Waals surface area contributed by atoms with Crippen LogP contribution in [0.1, 0.15) is 31.0 Å². The summed E-state index contributed by atoms with van der Waals surface area (Å²) in [6, 6.07) is 9.83. The van der Waals surface area contributed by atoms with Gasteiger partial charge in [-0.05, 0) is 17.5 Å². The number of fused-ring (bicyclic) bond motifs is 1. The molecule has 0 aliphatic carbocycles. The van der Waals surface area contributed by atoms with Crippen LogP contribution in [0.2, 0.25) is 0 Å². The molecule has 4 nitrogen and oxygen atoms in total. The van der Waals surface area contributed by atoms with Gasteiger partial charge >= 0.3 is 0 Å². The van der Waals surface area contributed by atoms with Gasteiger partial charge in [-0.2, -0.15) is 0 Å². The minimum Gasteiger partial charge on any atom is -0.379 e. The highest BCUT2D eigenvalue weighted by Gasteiger charge is 2.07. The van der Waals surface area contributed by atoms with Gasteiger partial charge in [0.05, 0.1) is 12.2 Å². The number of hydrogen-bond donors (Lipinski definition) is 1. The molecule has 0 aliphatic heterocycles. The fourth-order valence-corrected chi connectivity index (χ4v) is 3.06. The van der Waals surface area contributed by atoms with Gasteiger partial charge in [0, 0.05) is 23.3 Å². The van der Waals surface area contributed by atoms with Gasteiger partial charge in [-0.15, -0.1) is 11.3 Å². The molecule has 3 aromatic rings. The van der Waals surface area contributed by atoms with Crippen LogP contribution in [0.15, 0.2) is 46.7 Å². The molecule has 0 amide bonds. The number of anilines is 1. The number of rotatable bonds is 4. The van der Waals surface area contributed by atoms with E-state index < -0.39 is 0 Å². The number of para-hydroxylation sites is 1. The van der Waals surface area contributed by atoms with Gasteiger partial charge in [-0.1, -0.05) is 32.0 Å². The van der Waals surface area contributed by atoms with E-state index in [9.17, 15) is 4.79 Å². The van der Waals surface area contributed by atoms with Gasteiger partial charge in [0.25, 0.3) is 5.56 Å². The zero-order valence-corrected chi connectivity index (χ0v) is 12.9. The minimum atomic E-state index is -0.0322. The molecular weight excluding hydrogens is 282 g/mol. The molecule has 1 N–H and O–H groups in total. The van der Waals surface area contributed by atoms with Crippen LogP contribution in [0.25, 0.3) is 4.96 Å². The van der Waals surface area contributed by atoms with E-state index in [0.717, 1.165) is 16.3 Å². The van der Waals surface area contributed by atoms with Crippen LogP contribution >= 0.6 is 11.3 Å². The van der Waals surface area contributed by atoms with Gasteiger partial charge < -0.3 is 5.32 Å². The molecular formula is C16H17N3OS. The van der Waals surface area contributed by atoms with E-state index in [1.807, 2.05) is 17.5 Å². The third-order valence-electron chi connectivity index (χ3n) is 3.40. The van der Waals surface area contributed by atoms with Crippen molar-refractivity contribution in [2.75, 3.05) is 5.32 Å². The van der Waals surface area contributed by atoms with E-state index in [-0.39, 0.29) is 5.56 Å². The Morgan fingerprint density at radius 3 is 2.95 bits per heavy atom. The summed E-state index contributed by atoms with van der Waals surface area (Å²) < 4.78 is 1.57. The van der Waals surface area contributed by atoms with E-state index in [2.05, 4.69) is 36.3 Å². The highest BCUT2D eigenvalue weighted by molar-refractivity contribution is 7.15. The summed E-state index contributed by atoms with van der Waals surface area (Å²) in [5.41, 5.74) is 3.10. The summed E-state index contributed by atoms with van der Waals surface area (Å²) >= 11 is 1.47. The standard InChI is InChI=1S/C16H17N3OS/c1-11(2)13-5-3-4-6-14(13)17-10-12-9-15(20)19-7-8-21-16(19)18-12/h3-9,11,17H,10H2,1-2H3. The van der Waals surface area contributed by atoms with Crippen molar-refractivity contribution in [3.8, 4) is 0 Å². The highest BCUT2D eigenvalue weighted by Crippen LogP contribution is 2.24. The fraction of sp³-hybridized carbons (Fsp3) is 0.250. The maximum Gasteiger partial charge on any atom is 0.258 e. The molecule has 0 aliphatic rings. The summed E-state index contributed by atoms with van der Waals surface area (Å²) in [5, 5.41) is 5.26. The number of thiazole rings is 1. The van der Waals surface area contributed by atoms with Crippen LogP contribution in [0.5, 0.6) is 0 Å². The fourth-order valence-electron chi connectivity index (χ4n) is 2.33. The number of benzene rings is 1. The Hall–Kier alpha value is -2.14. The summed E-state index contributed by atoms with van der Waals surface area (Å²) in [4.78, 5) is 17.2. The van der Waals surface area contributed by atoms with Gasteiger partial charge in [0.1, 0.15) is 0 Å². The molecule has 0 fully saturated rings. The Kier molecular flexibility index (Phi) is 3.75. The summed E-state index contributed by atoms with van der Waals surface area (Å²) in [5.74, 6) is 0.451. The van der Waals surface area contributed by atoms with Crippen molar-refractivity contribution in [3.63, 3.8) is 0 Å². The monoisotopic (exact) mass is 299 g/mol. The van der Waals surface area contributed by atoms with Crippen LogP contribution < -0.4 is 10.9 Å². The number of aromatic nitrogens is 2. The van der Waals surface area contributed by atoms with Crippen LogP contribution in [-0.2, 0) is 6.54 Å². The Morgan fingerprint density at radius 1 is 1.33 bits per heavy atom. The maximum atomic E-state index is 11.9. The maximum absolute atomic E-state index is 11.9. The lowest BCUT2D eigenvalue weighted by Gasteiger charge is -2.14. The average Bonchev–Trinajstić information content (AvgIpc) is 2.94. The van der Waals surface area contributed by atoms with Crippen LogP contribution in [0.3, 0.4) is 0 Å². The van der Waals surface area contributed by atoms with Crippen molar-refractivity contribution in [1.29, 1.82) is 0 Å². The van der Waals surface area contributed by atoms with Gasteiger partial charge in [-0.3, -0.25) is 9.20 Å². The Bertz CT molecular complexity index is 820. The van der Waals surface area contributed by atoms with Crippen molar-refractivity contribution in [2.24, 2.45) is 0 Å². The van der Waals surface area contributed by atoms with Crippen LogP contribution in [-0.4, -0.2) is 9.38 Å². The van der Waals surface area contributed by atoms with Crippen LogP contribution in [0.4, 0.5) is 5.69 Å². The SMILES string of the molecule is CC(C)c1ccccc1NCc1cc(=O)n2ccsc2n1. The van der Waals surface area contributed by atoms with Gasteiger partial charge in [-0.25, -0.2) is 4.98 Å². The lowest BCUT2D eigenvalue weighted by Crippen LogP contribution is -2.15. The topological polar surface area (TPSA) is 46.4 Å². The van der Waals surface area contributed by atoms with Gasteiger partial charge in [0.15, 0.2) is 4.96 Å². The van der Waals surface area contributed by atoms with Crippen molar-refractivity contribution in [2.45, 2.75) is 26.3 Å². The zero-order chi connectivity index (χ0) is 14.8. The first-order chi connectivity index (χ1) is 10.1. The molecule has 0 atom stereocenters. The number of nitrogens with one attached hydrogen (secondary N) is 1. The average molecular weight is 299 g/mol. The molecule has 1 aromatic carbocycles. The molecule has 0 radical (unpaired) electrons. The van der Waals surface area contributed by atoms with Crippen molar-refractivity contribution in [3.05, 3.63) is 63.5 Å². The molecule has 0 bridgehead atoms. The zero-order valence-electron chi connectivity index (χ0n) is 12.0. The predicted octanol–water partition coefficient (Wildman–Crippen LogP) is 3.49. The Balaban J connectivity index is 1.85. The first-order valence-electron chi connectivity index (χ1n) is 6.94. The second-order valence-electron chi connectivity index (χ2n) is 5.24. The van der Waals surface area contributed by atoms with Crippen molar-refractivity contribution < 1.29 is 0 Å². The smallest absolute Gasteiger partial charge is 0.258 e. The normalized spacial score (nSPS) is 11.2. The van der Waals surface area contributed by atoms with Crippen molar-refractivity contribution in [1.82, 2.24) is 9.38 Å². The van der Waals surface area contributed by atoms with E-state index in [1.54, 1.807) is 16.7 Å². The molecule has 108 valence electrons. The molecule has 2 aromatic heterocycles. The molecule has 0 saturated heterocycles. The largest absolute Gasteiger partial charge is 0.379 e. The first kappa shape index (κ1) is 13.8. The lowest BCUT2D eigenvalue weighted by atomic mass is 10.0. The molecule has 5 heteroatoms. The van der Waals surface area contributed by atoms with Crippen LogP contribution in [0, 0.1) is 0 Å². The summed E-state index contributed by atoms with van der Waals surface area (Å²) in [7, 11) is 0. The second-order valence-corrected chi connectivity index (χ2v) is 6.11. The predicted molar refractivity (Wildman–Crippen MR) is 87.2 cm³/mol. The van der Waals surface area contributed by atoms with E-state index in [0.29, 0.717) is 12.5 Å². The molecule has 3 rings (SSSR count). The molecule has 0 saturated carbocycles. The highest BCUT2D eigenvalue weighted by atomic mass is 32.1. The van der Waals surface area contributed by atoms with E-state index in [4.69, 9.17) is 0 Å². The second kappa shape index (κ2) is 5.69. The molecule has 21 heavy (non-hydrogen) atoms. The molecule has 0 unspecified atom stereocenters. The summed E-state index contributed by atoms with van der Waals surface area (Å²) in [6.45, 7) is 4.89. The number of hydrogen-bond acceptors (Lipinski definition) is 4. The quantitative estimate of drug-likeness (QED) is 0.802. The Morgan fingerprint density at radius 2 is 2.14 bits per heavy atom. The third-order valence-corrected chi connectivity index (χ3v) is 4.16. The summed E-state index contributed by atoms with van der Waals surface area (Å²) in [6.07, 6.45) is 1.75. The van der Waals surface area contributed by atoms with Gasteiger partial charge in [0.2, 0.25) is 0 Å². The lowest BCUT2D eigenvalue weighted by molar-refractivity contribution is 0.864. The third kappa shape index (κ3) is 2.83. The first-order valence-corrected chi connectivity index (χ1v) is 7.81. The number of nitrogens with zero attached hydrogens (tertiary/aromatic N) is 2.